The zero-order valence-corrected chi connectivity index (χ0v) is 9.94. The molecule has 0 atom stereocenters. The summed E-state index contributed by atoms with van der Waals surface area (Å²) in [6.07, 6.45) is 3.57. The number of nitrogens with two attached hydrogens (primary N) is 1. The molecule has 2 aromatic heterocycles. The highest BCUT2D eigenvalue weighted by molar-refractivity contribution is 5.59. The van der Waals surface area contributed by atoms with Gasteiger partial charge < -0.3 is 5.73 Å². The monoisotopic (exact) mass is 215 g/mol. The Kier molecular flexibility index (Phi) is 4.45. The Balaban J connectivity index is 0.000000606. The molecule has 3 heteroatoms. The number of aromatic nitrogens is 2. The maximum atomic E-state index is 5.50. The molecular weight excluding hydrogens is 198 g/mol. The number of nitrogens with zero attached hydrogens (tertiary/aromatic N) is 2. The lowest BCUT2D eigenvalue weighted by Crippen LogP contribution is -1.90. The van der Waals surface area contributed by atoms with Crippen LogP contribution in [-0.4, -0.2) is 9.97 Å². The highest BCUT2D eigenvalue weighted by Gasteiger charge is 1.98. The van der Waals surface area contributed by atoms with Gasteiger partial charge in [-0.05, 0) is 30.7 Å². The van der Waals surface area contributed by atoms with Gasteiger partial charge in [0.25, 0.3) is 0 Å². The average molecular weight is 215 g/mol. The van der Waals surface area contributed by atoms with Crippen molar-refractivity contribution in [3.05, 3.63) is 42.2 Å². The van der Waals surface area contributed by atoms with Crippen LogP contribution in [0.1, 0.15) is 19.4 Å². The van der Waals surface area contributed by atoms with Crippen molar-refractivity contribution >= 4 is 5.82 Å². The van der Waals surface area contributed by atoms with E-state index in [0.29, 0.717) is 5.82 Å². The van der Waals surface area contributed by atoms with E-state index in [2.05, 4.69) is 9.97 Å². The van der Waals surface area contributed by atoms with Crippen LogP contribution in [0.3, 0.4) is 0 Å². The maximum absolute atomic E-state index is 5.50. The Bertz CT molecular complexity index is 374. The topological polar surface area (TPSA) is 51.8 Å². The number of anilines is 1. The van der Waals surface area contributed by atoms with Crippen LogP contribution in [0.25, 0.3) is 11.3 Å². The SMILES string of the molecule is CC.Cc1ccc(-c2ccc(N)nc2)nc1. The van der Waals surface area contributed by atoms with Gasteiger partial charge in [0.15, 0.2) is 0 Å². The van der Waals surface area contributed by atoms with Gasteiger partial charge in [-0.2, -0.15) is 0 Å². The van der Waals surface area contributed by atoms with E-state index in [1.165, 1.54) is 0 Å². The molecule has 2 aromatic rings. The molecule has 0 radical (unpaired) electrons. The lowest BCUT2D eigenvalue weighted by atomic mass is 10.2. The summed E-state index contributed by atoms with van der Waals surface area (Å²) < 4.78 is 0. The minimum absolute atomic E-state index is 0.529. The van der Waals surface area contributed by atoms with Gasteiger partial charge >= 0.3 is 0 Å². The smallest absolute Gasteiger partial charge is 0.123 e. The predicted molar refractivity (Wildman–Crippen MR) is 68.0 cm³/mol. The van der Waals surface area contributed by atoms with E-state index in [-0.39, 0.29) is 0 Å². The second-order valence-corrected chi connectivity index (χ2v) is 3.19. The van der Waals surface area contributed by atoms with Crippen LogP contribution < -0.4 is 5.73 Å². The Hall–Kier alpha value is -1.90. The first-order chi connectivity index (χ1) is 7.75. The molecule has 84 valence electrons. The number of hydrogen-bond acceptors (Lipinski definition) is 3. The second kappa shape index (κ2) is 5.85. The summed E-state index contributed by atoms with van der Waals surface area (Å²) in [5.41, 5.74) is 8.55. The van der Waals surface area contributed by atoms with Crippen molar-refractivity contribution in [3.63, 3.8) is 0 Å². The molecule has 0 saturated carbocycles. The Morgan fingerprint density at radius 3 is 2.19 bits per heavy atom. The minimum atomic E-state index is 0.529. The van der Waals surface area contributed by atoms with Crippen LogP contribution in [0.2, 0.25) is 0 Å². The van der Waals surface area contributed by atoms with Gasteiger partial charge in [-0.1, -0.05) is 19.9 Å². The maximum Gasteiger partial charge on any atom is 0.123 e. The van der Waals surface area contributed by atoms with Gasteiger partial charge in [0.2, 0.25) is 0 Å². The molecule has 0 aliphatic heterocycles. The van der Waals surface area contributed by atoms with Gasteiger partial charge in [-0.3, -0.25) is 4.98 Å². The van der Waals surface area contributed by atoms with Crippen molar-refractivity contribution in [2.45, 2.75) is 20.8 Å². The molecule has 2 N–H and O–H groups in total. The van der Waals surface area contributed by atoms with Crippen molar-refractivity contribution in [1.29, 1.82) is 0 Å². The fourth-order valence-corrected chi connectivity index (χ4v) is 1.20. The molecule has 3 nitrogen and oxygen atoms in total. The molecule has 0 aliphatic rings. The molecule has 2 rings (SSSR count). The van der Waals surface area contributed by atoms with Crippen molar-refractivity contribution < 1.29 is 0 Å². The quantitative estimate of drug-likeness (QED) is 0.795. The first-order valence-corrected chi connectivity index (χ1v) is 5.40. The van der Waals surface area contributed by atoms with Crippen molar-refractivity contribution in [3.8, 4) is 11.3 Å². The van der Waals surface area contributed by atoms with Gasteiger partial charge in [-0.25, -0.2) is 4.98 Å². The standard InChI is InChI=1S/C11H11N3.C2H6/c1-8-2-4-10(13-6-8)9-3-5-11(12)14-7-9;1-2/h2-7H,1H3,(H2,12,14);1-2H3. The first kappa shape index (κ1) is 12.2. The summed E-state index contributed by atoms with van der Waals surface area (Å²) in [6.45, 7) is 6.01. The Labute approximate surface area is 96.4 Å². The van der Waals surface area contributed by atoms with Crippen molar-refractivity contribution in [2.24, 2.45) is 0 Å². The third kappa shape index (κ3) is 3.05. The van der Waals surface area contributed by atoms with Gasteiger partial charge in [0.05, 0.1) is 5.69 Å². The van der Waals surface area contributed by atoms with Crippen molar-refractivity contribution in [2.75, 3.05) is 5.73 Å². The van der Waals surface area contributed by atoms with Crippen LogP contribution in [0, 0.1) is 6.92 Å². The molecule has 0 fully saturated rings. The van der Waals surface area contributed by atoms with E-state index < -0.39 is 0 Å². The normalized spacial score (nSPS) is 9.19. The fraction of sp³-hybridized carbons (Fsp3) is 0.231. The van der Waals surface area contributed by atoms with Crippen LogP contribution in [0.4, 0.5) is 5.82 Å². The van der Waals surface area contributed by atoms with Crippen LogP contribution in [0.15, 0.2) is 36.7 Å². The fourth-order valence-electron chi connectivity index (χ4n) is 1.20. The predicted octanol–water partition coefficient (Wildman–Crippen LogP) is 3.06. The highest BCUT2D eigenvalue weighted by Crippen LogP contribution is 2.16. The Morgan fingerprint density at radius 1 is 0.938 bits per heavy atom. The zero-order chi connectivity index (χ0) is 12.0. The Morgan fingerprint density at radius 2 is 1.69 bits per heavy atom. The summed E-state index contributed by atoms with van der Waals surface area (Å²) in [5.74, 6) is 0.529. The van der Waals surface area contributed by atoms with Crippen LogP contribution in [0.5, 0.6) is 0 Å². The summed E-state index contributed by atoms with van der Waals surface area (Å²) in [5, 5.41) is 0. The largest absolute Gasteiger partial charge is 0.384 e. The summed E-state index contributed by atoms with van der Waals surface area (Å²) >= 11 is 0. The van der Waals surface area contributed by atoms with E-state index in [4.69, 9.17) is 5.73 Å². The average Bonchev–Trinajstić information content (AvgIpc) is 2.34. The van der Waals surface area contributed by atoms with E-state index >= 15 is 0 Å². The second-order valence-electron chi connectivity index (χ2n) is 3.19. The minimum Gasteiger partial charge on any atom is -0.384 e. The number of hydrogen-bond donors (Lipinski definition) is 1. The van der Waals surface area contributed by atoms with Crippen LogP contribution >= 0.6 is 0 Å². The number of pyridine rings is 2. The highest BCUT2D eigenvalue weighted by atomic mass is 14.8. The van der Waals surface area contributed by atoms with Gasteiger partial charge in [0.1, 0.15) is 5.82 Å². The molecule has 0 unspecified atom stereocenters. The third-order valence-corrected chi connectivity index (χ3v) is 1.99. The number of nitrogen functional groups attached to an aromatic ring is 1. The molecule has 16 heavy (non-hydrogen) atoms. The van der Waals surface area contributed by atoms with E-state index in [0.717, 1.165) is 16.8 Å². The number of aryl methyl sites for hydroxylation is 1. The molecule has 0 aromatic carbocycles. The number of rotatable bonds is 1. The van der Waals surface area contributed by atoms with Crippen molar-refractivity contribution in [1.82, 2.24) is 9.97 Å². The van der Waals surface area contributed by atoms with Crippen LogP contribution in [-0.2, 0) is 0 Å². The molecule has 0 amide bonds. The summed E-state index contributed by atoms with van der Waals surface area (Å²) in [6, 6.07) is 7.69. The molecular formula is C13H17N3. The van der Waals surface area contributed by atoms with E-state index in [1.807, 2.05) is 45.2 Å². The van der Waals surface area contributed by atoms with Gasteiger partial charge in [0, 0.05) is 18.0 Å². The molecule has 0 saturated heterocycles. The molecule has 0 aliphatic carbocycles. The molecule has 0 spiro atoms. The molecule has 2 heterocycles. The first-order valence-electron chi connectivity index (χ1n) is 5.40. The lowest BCUT2D eigenvalue weighted by molar-refractivity contribution is 1.25. The van der Waals surface area contributed by atoms with Gasteiger partial charge in [-0.15, -0.1) is 0 Å². The summed E-state index contributed by atoms with van der Waals surface area (Å²) in [7, 11) is 0. The van der Waals surface area contributed by atoms with E-state index in [1.54, 1.807) is 12.3 Å². The lowest BCUT2D eigenvalue weighted by Gasteiger charge is -2.00. The molecule has 0 bridgehead atoms. The third-order valence-electron chi connectivity index (χ3n) is 1.99. The zero-order valence-electron chi connectivity index (χ0n) is 9.94. The van der Waals surface area contributed by atoms with E-state index in [9.17, 15) is 0 Å². The summed E-state index contributed by atoms with van der Waals surface area (Å²) in [4.78, 5) is 8.31.